The lowest BCUT2D eigenvalue weighted by atomic mass is 9.82. The number of hydrogen-bond donors (Lipinski definition) is 1. The molecule has 0 aromatic rings. The smallest absolute Gasteiger partial charge is 0.0355 e. The van der Waals surface area contributed by atoms with E-state index >= 15 is 0 Å². The fourth-order valence-electron chi connectivity index (χ4n) is 3.86. The summed E-state index contributed by atoms with van der Waals surface area (Å²) in [6, 6.07) is 0.800. The number of nitrogens with zero attached hydrogens (tertiary/aromatic N) is 3. The predicted molar refractivity (Wildman–Crippen MR) is 81.4 cm³/mol. The molecule has 0 saturated carbocycles. The van der Waals surface area contributed by atoms with Crippen LogP contribution >= 0.6 is 0 Å². The normalized spacial score (nSPS) is 32.2. The van der Waals surface area contributed by atoms with Crippen molar-refractivity contribution in [1.29, 1.82) is 0 Å². The molecule has 2 heterocycles. The molecule has 2 unspecified atom stereocenters. The van der Waals surface area contributed by atoms with Crippen LogP contribution in [0.1, 0.15) is 32.1 Å². The zero-order chi connectivity index (χ0) is 13.9. The first-order valence-corrected chi connectivity index (χ1v) is 7.87. The van der Waals surface area contributed by atoms with E-state index in [1.54, 1.807) is 0 Å². The van der Waals surface area contributed by atoms with Gasteiger partial charge < -0.3 is 15.5 Å². The second-order valence-corrected chi connectivity index (χ2v) is 6.79. The summed E-state index contributed by atoms with van der Waals surface area (Å²) in [5.74, 6) is 0. The van der Waals surface area contributed by atoms with E-state index in [2.05, 4.69) is 35.8 Å². The highest BCUT2D eigenvalue weighted by Gasteiger charge is 2.42. The van der Waals surface area contributed by atoms with Crippen LogP contribution in [0.15, 0.2) is 0 Å². The topological polar surface area (TPSA) is 35.7 Å². The van der Waals surface area contributed by atoms with Gasteiger partial charge in [0.05, 0.1) is 0 Å². The summed E-state index contributed by atoms with van der Waals surface area (Å²) in [5, 5.41) is 0. The minimum absolute atomic E-state index is 0.262. The maximum Gasteiger partial charge on any atom is 0.0355 e. The lowest BCUT2D eigenvalue weighted by Gasteiger charge is -2.49. The first-order valence-electron chi connectivity index (χ1n) is 7.87. The van der Waals surface area contributed by atoms with Gasteiger partial charge in [0.15, 0.2) is 0 Å². The first-order chi connectivity index (χ1) is 9.07. The summed E-state index contributed by atoms with van der Waals surface area (Å²) in [6.07, 6.45) is 6.53. The second kappa shape index (κ2) is 6.53. The number of likely N-dealkylation sites (N-methyl/N-ethyl adjacent to an activating group) is 1. The molecule has 2 N–H and O–H groups in total. The van der Waals surface area contributed by atoms with Crippen LogP contribution < -0.4 is 5.73 Å². The molecule has 112 valence electrons. The molecule has 19 heavy (non-hydrogen) atoms. The van der Waals surface area contributed by atoms with Crippen molar-refractivity contribution in [3.63, 3.8) is 0 Å². The molecule has 0 radical (unpaired) electrons. The molecule has 0 aromatic carbocycles. The molecule has 2 fully saturated rings. The van der Waals surface area contributed by atoms with Crippen LogP contribution in [0.3, 0.4) is 0 Å². The molecule has 0 amide bonds. The van der Waals surface area contributed by atoms with E-state index in [-0.39, 0.29) is 5.54 Å². The van der Waals surface area contributed by atoms with Gasteiger partial charge in [-0.05, 0) is 72.9 Å². The van der Waals surface area contributed by atoms with Crippen LogP contribution in [-0.2, 0) is 0 Å². The van der Waals surface area contributed by atoms with E-state index in [0.29, 0.717) is 0 Å². The predicted octanol–water partition coefficient (Wildman–Crippen LogP) is 0.826. The number of rotatable bonds is 6. The maximum absolute atomic E-state index is 6.18. The SMILES string of the molecule is CN(C)CCCN(C)C1(CN)CCN2CCCC2C1. The van der Waals surface area contributed by atoms with Gasteiger partial charge in [0, 0.05) is 24.7 Å². The lowest BCUT2D eigenvalue weighted by Crippen LogP contribution is -2.60. The van der Waals surface area contributed by atoms with Gasteiger partial charge in [-0.1, -0.05) is 0 Å². The van der Waals surface area contributed by atoms with Crippen LogP contribution in [0.4, 0.5) is 0 Å². The molecular weight excluding hydrogens is 236 g/mol. The van der Waals surface area contributed by atoms with Crippen molar-refractivity contribution in [2.75, 3.05) is 53.9 Å². The van der Waals surface area contributed by atoms with E-state index in [1.165, 1.54) is 58.3 Å². The van der Waals surface area contributed by atoms with E-state index in [0.717, 1.165) is 12.6 Å². The van der Waals surface area contributed by atoms with E-state index in [4.69, 9.17) is 5.73 Å². The van der Waals surface area contributed by atoms with Crippen molar-refractivity contribution in [3.8, 4) is 0 Å². The number of nitrogens with two attached hydrogens (primary N) is 1. The molecule has 2 aliphatic rings. The van der Waals surface area contributed by atoms with Crippen molar-refractivity contribution in [3.05, 3.63) is 0 Å². The summed E-state index contributed by atoms with van der Waals surface area (Å²) in [7, 11) is 6.58. The largest absolute Gasteiger partial charge is 0.329 e. The molecular formula is C15H32N4. The van der Waals surface area contributed by atoms with Crippen molar-refractivity contribution in [2.24, 2.45) is 5.73 Å². The molecule has 0 aliphatic carbocycles. The van der Waals surface area contributed by atoms with Gasteiger partial charge in [0.25, 0.3) is 0 Å². The Morgan fingerprint density at radius 3 is 2.68 bits per heavy atom. The van der Waals surface area contributed by atoms with Gasteiger partial charge in [0.2, 0.25) is 0 Å². The summed E-state index contributed by atoms with van der Waals surface area (Å²) >= 11 is 0. The van der Waals surface area contributed by atoms with Gasteiger partial charge in [-0.25, -0.2) is 0 Å². The Bertz CT molecular complexity index is 281. The quantitative estimate of drug-likeness (QED) is 0.774. The molecule has 0 bridgehead atoms. The molecule has 2 aliphatic heterocycles. The minimum Gasteiger partial charge on any atom is -0.329 e. The minimum atomic E-state index is 0.262. The second-order valence-electron chi connectivity index (χ2n) is 6.79. The lowest BCUT2D eigenvalue weighted by molar-refractivity contribution is 0.0253. The van der Waals surface area contributed by atoms with Gasteiger partial charge in [-0.15, -0.1) is 0 Å². The highest BCUT2D eigenvalue weighted by molar-refractivity contribution is 5.01. The Morgan fingerprint density at radius 1 is 1.21 bits per heavy atom. The van der Waals surface area contributed by atoms with Crippen molar-refractivity contribution < 1.29 is 0 Å². The van der Waals surface area contributed by atoms with E-state index < -0.39 is 0 Å². The monoisotopic (exact) mass is 268 g/mol. The van der Waals surface area contributed by atoms with Crippen molar-refractivity contribution in [1.82, 2.24) is 14.7 Å². The van der Waals surface area contributed by atoms with Crippen molar-refractivity contribution in [2.45, 2.75) is 43.7 Å². The number of fused-ring (bicyclic) bond motifs is 1. The Labute approximate surface area is 118 Å². The zero-order valence-electron chi connectivity index (χ0n) is 13.1. The summed E-state index contributed by atoms with van der Waals surface area (Å²) in [5.41, 5.74) is 6.44. The number of piperidine rings is 1. The summed E-state index contributed by atoms with van der Waals surface area (Å²) in [4.78, 5) is 7.51. The van der Waals surface area contributed by atoms with E-state index in [1.807, 2.05) is 0 Å². The Balaban J connectivity index is 1.90. The molecule has 2 atom stereocenters. The third kappa shape index (κ3) is 3.48. The fourth-order valence-corrected chi connectivity index (χ4v) is 3.86. The highest BCUT2D eigenvalue weighted by atomic mass is 15.3. The molecule has 2 saturated heterocycles. The highest BCUT2D eigenvalue weighted by Crippen LogP contribution is 2.35. The van der Waals surface area contributed by atoms with Crippen molar-refractivity contribution >= 4 is 0 Å². The maximum atomic E-state index is 6.18. The van der Waals surface area contributed by atoms with Crippen LogP contribution in [-0.4, -0.2) is 80.1 Å². The Hall–Kier alpha value is -0.160. The number of hydrogen-bond acceptors (Lipinski definition) is 4. The molecule has 2 rings (SSSR count). The average molecular weight is 268 g/mol. The first kappa shape index (κ1) is 15.2. The Kier molecular flexibility index (Phi) is 5.23. The van der Waals surface area contributed by atoms with Crippen LogP contribution in [0, 0.1) is 0 Å². The van der Waals surface area contributed by atoms with Gasteiger partial charge >= 0.3 is 0 Å². The zero-order valence-corrected chi connectivity index (χ0v) is 13.1. The van der Waals surface area contributed by atoms with Crippen LogP contribution in [0.2, 0.25) is 0 Å². The third-order valence-electron chi connectivity index (χ3n) is 5.27. The molecule has 0 aromatic heterocycles. The van der Waals surface area contributed by atoms with E-state index in [9.17, 15) is 0 Å². The molecule has 4 heteroatoms. The Morgan fingerprint density at radius 2 is 2.00 bits per heavy atom. The summed E-state index contributed by atoms with van der Waals surface area (Å²) < 4.78 is 0. The summed E-state index contributed by atoms with van der Waals surface area (Å²) in [6.45, 7) is 5.72. The van der Waals surface area contributed by atoms with Crippen LogP contribution in [0.25, 0.3) is 0 Å². The third-order valence-corrected chi connectivity index (χ3v) is 5.27. The van der Waals surface area contributed by atoms with Gasteiger partial charge in [0.1, 0.15) is 0 Å². The van der Waals surface area contributed by atoms with Gasteiger partial charge in [-0.2, -0.15) is 0 Å². The fraction of sp³-hybridized carbons (Fsp3) is 1.00. The average Bonchev–Trinajstić information content (AvgIpc) is 2.84. The molecule has 4 nitrogen and oxygen atoms in total. The standard InChI is InChI=1S/C15H32N4/c1-17(2)8-5-9-18(3)15(13-16)7-11-19-10-4-6-14(19)12-15/h14H,4-13,16H2,1-3H3. The van der Waals surface area contributed by atoms with Crippen LogP contribution in [0.5, 0.6) is 0 Å². The molecule has 0 spiro atoms. The van der Waals surface area contributed by atoms with Gasteiger partial charge in [-0.3, -0.25) is 4.90 Å².